The summed E-state index contributed by atoms with van der Waals surface area (Å²) in [6, 6.07) is 0.0933. The third kappa shape index (κ3) is 2.65. The summed E-state index contributed by atoms with van der Waals surface area (Å²) < 4.78 is 12.8. The molecule has 0 unspecified atom stereocenters. The Hall–Kier alpha value is -1.56. The average Bonchev–Trinajstić information content (AvgIpc) is 3.09. The molecule has 0 spiro atoms. The highest BCUT2D eigenvalue weighted by Gasteiger charge is 2.28. The fraction of sp³-hybridized carbons (Fsp3) is 0.714. The number of nitrogens with zero attached hydrogens (tertiary/aromatic N) is 2. The molecule has 0 aromatic carbocycles. The van der Waals surface area contributed by atoms with Gasteiger partial charge in [0.05, 0.1) is 18.3 Å². The van der Waals surface area contributed by atoms with Gasteiger partial charge < -0.3 is 14.6 Å². The standard InChI is InChI=1S/C14H20N2O4/c17-14(18)13-12(20-11-3-1-2-4-11)9-15-16(13)10-5-7-19-8-6-10/h9-11H,1-8H2,(H,17,18). The fourth-order valence-electron chi connectivity index (χ4n) is 3.03. The highest BCUT2D eigenvalue weighted by Crippen LogP contribution is 2.30. The van der Waals surface area contributed by atoms with Crippen molar-refractivity contribution in [2.45, 2.75) is 50.7 Å². The van der Waals surface area contributed by atoms with Crippen LogP contribution in [0.3, 0.4) is 0 Å². The van der Waals surface area contributed by atoms with Crippen molar-refractivity contribution in [3.8, 4) is 5.75 Å². The molecule has 0 bridgehead atoms. The molecule has 2 aliphatic rings. The number of rotatable bonds is 4. The maximum absolute atomic E-state index is 11.5. The van der Waals surface area contributed by atoms with E-state index in [4.69, 9.17) is 9.47 Å². The second-order valence-electron chi connectivity index (χ2n) is 5.48. The maximum Gasteiger partial charge on any atom is 0.358 e. The summed E-state index contributed by atoms with van der Waals surface area (Å²) in [6.45, 7) is 1.31. The van der Waals surface area contributed by atoms with Gasteiger partial charge in [-0.05, 0) is 38.5 Å². The Morgan fingerprint density at radius 2 is 2.00 bits per heavy atom. The van der Waals surface area contributed by atoms with Gasteiger partial charge in [0.15, 0.2) is 11.4 Å². The van der Waals surface area contributed by atoms with Crippen LogP contribution in [0.5, 0.6) is 5.75 Å². The van der Waals surface area contributed by atoms with E-state index in [9.17, 15) is 9.90 Å². The summed E-state index contributed by atoms with van der Waals surface area (Å²) in [5, 5.41) is 13.7. The molecule has 2 heterocycles. The molecular formula is C14H20N2O4. The summed E-state index contributed by atoms with van der Waals surface area (Å²) in [5.74, 6) is -0.558. The SMILES string of the molecule is O=C(O)c1c(OC2CCCC2)cnn1C1CCOCC1. The molecule has 6 heteroatoms. The molecule has 110 valence electrons. The Balaban J connectivity index is 1.82. The zero-order valence-corrected chi connectivity index (χ0v) is 11.5. The maximum atomic E-state index is 11.5. The molecule has 1 N–H and O–H groups in total. The molecule has 6 nitrogen and oxygen atoms in total. The number of carbonyl (C=O) groups is 1. The van der Waals surface area contributed by atoms with E-state index in [1.807, 2.05) is 0 Å². The lowest BCUT2D eigenvalue weighted by Crippen LogP contribution is -2.24. The normalized spacial score (nSPS) is 21.2. The quantitative estimate of drug-likeness (QED) is 0.915. The van der Waals surface area contributed by atoms with Gasteiger partial charge in [-0.15, -0.1) is 0 Å². The molecule has 1 aliphatic carbocycles. The number of aromatic carboxylic acids is 1. The number of ether oxygens (including phenoxy) is 2. The number of carboxylic acid groups (broad SMARTS) is 1. The highest BCUT2D eigenvalue weighted by molar-refractivity contribution is 5.88. The van der Waals surface area contributed by atoms with Crippen LogP contribution in [0.25, 0.3) is 0 Å². The van der Waals surface area contributed by atoms with Gasteiger partial charge in [0.1, 0.15) is 0 Å². The van der Waals surface area contributed by atoms with Crippen LogP contribution >= 0.6 is 0 Å². The number of hydrogen-bond donors (Lipinski definition) is 1. The third-order valence-electron chi connectivity index (χ3n) is 4.10. The first kappa shape index (κ1) is 13.4. The highest BCUT2D eigenvalue weighted by atomic mass is 16.5. The molecular weight excluding hydrogens is 260 g/mol. The molecule has 1 aliphatic heterocycles. The van der Waals surface area contributed by atoms with Crippen molar-refractivity contribution in [1.29, 1.82) is 0 Å². The van der Waals surface area contributed by atoms with Crippen molar-refractivity contribution in [3.63, 3.8) is 0 Å². The van der Waals surface area contributed by atoms with Crippen LogP contribution < -0.4 is 4.74 Å². The summed E-state index contributed by atoms with van der Waals surface area (Å²) >= 11 is 0. The minimum atomic E-state index is -0.970. The topological polar surface area (TPSA) is 73.6 Å². The van der Waals surface area contributed by atoms with Crippen LogP contribution in [0.15, 0.2) is 6.20 Å². The lowest BCUT2D eigenvalue weighted by Gasteiger charge is -2.23. The monoisotopic (exact) mass is 280 g/mol. The van der Waals surface area contributed by atoms with Gasteiger partial charge in [0, 0.05) is 13.2 Å². The van der Waals surface area contributed by atoms with Gasteiger partial charge in [-0.3, -0.25) is 4.68 Å². The molecule has 1 saturated carbocycles. The summed E-state index contributed by atoms with van der Waals surface area (Å²) in [7, 11) is 0. The van der Waals surface area contributed by atoms with Crippen LogP contribution in [0.1, 0.15) is 55.1 Å². The van der Waals surface area contributed by atoms with Gasteiger partial charge in [-0.1, -0.05) is 0 Å². The first-order chi connectivity index (χ1) is 9.75. The summed E-state index contributed by atoms with van der Waals surface area (Å²) in [4.78, 5) is 11.5. The minimum absolute atomic E-state index is 0.0933. The second kappa shape index (κ2) is 5.83. The van der Waals surface area contributed by atoms with E-state index in [0.717, 1.165) is 38.5 Å². The smallest absolute Gasteiger partial charge is 0.358 e. The molecule has 1 saturated heterocycles. The van der Waals surface area contributed by atoms with Gasteiger partial charge in [-0.2, -0.15) is 5.10 Å². The summed E-state index contributed by atoms with van der Waals surface area (Å²) in [6.07, 6.45) is 7.60. The van der Waals surface area contributed by atoms with E-state index in [1.54, 1.807) is 10.9 Å². The van der Waals surface area contributed by atoms with E-state index in [1.165, 1.54) is 0 Å². The van der Waals surface area contributed by atoms with Gasteiger partial charge >= 0.3 is 5.97 Å². The zero-order valence-electron chi connectivity index (χ0n) is 11.5. The van der Waals surface area contributed by atoms with Crippen molar-refractivity contribution in [2.75, 3.05) is 13.2 Å². The molecule has 0 radical (unpaired) electrons. The van der Waals surface area contributed by atoms with Crippen LogP contribution in [-0.4, -0.2) is 40.2 Å². The molecule has 2 fully saturated rings. The Kier molecular flexibility index (Phi) is 3.91. The average molecular weight is 280 g/mol. The first-order valence-electron chi connectivity index (χ1n) is 7.31. The van der Waals surface area contributed by atoms with Crippen molar-refractivity contribution < 1.29 is 19.4 Å². The van der Waals surface area contributed by atoms with Crippen molar-refractivity contribution in [2.24, 2.45) is 0 Å². The van der Waals surface area contributed by atoms with E-state index < -0.39 is 5.97 Å². The molecule has 1 aromatic rings. The molecule has 1 aromatic heterocycles. The molecule has 0 atom stereocenters. The minimum Gasteiger partial charge on any atom is -0.486 e. The van der Waals surface area contributed by atoms with Gasteiger partial charge in [0.2, 0.25) is 0 Å². The van der Waals surface area contributed by atoms with Crippen LogP contribution in [-0.2, 0) is 4.74 Å². The Bertz CT molecular complexity index is 474. The van der Waals surface area contributed by atoms with Crippen LogP contribution in [0.4, 0.5) is 0 Å². The number of carboxylic acids is 1. The van der Waals surface area contributed by atoms with E-state index in [-0.39, 0.29) is 17.8 Å². The Labute approximate surface area is 117 Å². The largest absolute Gasteiger partial charge is 0.486 e. The van der Waals surface area contributed by atoms with Crippen LogP contribution in [0, 0.1) is 0 Å². The van der Waals surface area contributed by atoms with Crippen molar-refractivity contribution in [3.05, 3.63) is 11.9 Å². The summed E-state index contributed by atoms with van der Waals surface area (Å²) in [5.41, 5.74) is 0.184. The van der Waals surface area contributed by atoms with Crippen molar-refractivity contribution >= 4 is 5.97 Å². The number of aromatic nitrogens is 2. The lowest BCUT2D eigenvalue weighted by atomic mass is 10.1. The van der Waals surface area contributed by atoms with Crippen LogP contribution in [0.2, 0.25) is 0 Å². The van der Waals surface area contributed by atoms with E-state index in [0.29, 0.717) is 19.0 Å². The van der Waals surface area contributed by atoms with Gasteiger partial charge in [0.25, 0.3) is 0 Å². The zero-order chi connectivity index (χ0) is 13.9. The number of hydrogen-bond acceptors (Lipinski definition) is 4. The lowest BCUT2D eigenvalue weighted by molar-refractivity contribution is 0.0576. The predicted molar refractivity (Wildman–Crippen MR) is 71.2 cm³/mol. The fourth-order valence-corrected chi connectivity index (χ4v) is 3.03. The first-order valence-corrected chi connectivity index (χ1v) is 7.31. The van der Waals surface area contributed by atoms with Gasteiger partial charge in [-0.25, -0.2) is 4.79 Å². The molecule has 20 heavy (non-hydrogen) atoms. The Morgan fingerprint density at radius 3 is 2.65 bits per heavy atom. The molecule has 3 rings (SSSR count). The van der Waals surface area contributed by atoms with E-state index in [2.05, 4.69) is 5.10 Å². The predicted octanol–water partition coefficient (Wildman–Crippen LogP) is 2.25. The van der Waals surface area contributed by atoms with E-state index >= 15 is 0 Å². The second-order valence-corrected chi connectivity index (χ2v) is 5.48. The van der Waals surface area contributed by atoms with Crippen molar-refractivity contribution in [1.82, 2.24) is 9.78 Å². The third-order valence-corrected chi connectivity index (χ3v) is 4.10. The molecule has 0 amide bonds. The Morgan fingerprint density at radius 1 is 1.30 bits per heavy atom.